The van der Waals surface area contributed by atoms with Crippen LogP contribution in [0.5, 0.6) is 0 Å². The van der Waals surface area contributed by atoms with Crippen LogP contribution in [-0.2, 0) is 14.3 Å². The van der Waals surface area contributed by atoms with Crippen molar-refractivity contribution in [1.82, 2.24) is 4.90 Å². The van der Waals surface area contributed by atoms with E-state index in [9.17, 15) is 14.0 Å². The monoisotopic (exact) mass is 383 g/mol. The number of benzene rings is 1. The summed E-state index contributed by atoms with van der Waals surface area (Å²) in [6, 6.07) is 4.54. The molecule has 1 aliphatic carbocycles. The predicted octanol–water partition coefficient (Wildman–Crippen LogP) is 4.14. The lowest BCUT2D eigenvalue weighted by Crippen LogP contribution is -2.42. The first-order valence-electron chi connectivity index (χ1n) is 8.96. The third-order valence-electron chi connectivity index (χ3n) is 4.78. The first kappa shape index (κ1) is 19.0. The lowest BCUT2D eigenvalue weighted by Gasteiger charge is -2.31. The topological polar surface area (TPSA) is 55.8 Å². The number of ether oxygens (including phenoxy) is 2. The van der Waals surface area contributed by atoms with E-state index < -0.39 is 0 Å². The lowest BCUT2D eigenvalue weighted by atomic mass is 10.1. The second kappa shape index (κ2) is 7.82. The predicted molar refractivity (Wildman–Crippen MR) is 94.6 cm³/mol. The van der Waals surface area contributed by atoms with E-state index in [1.807, 2.05) is 0 Å². The number of carbonyl (C=O) groups excluding carboxylic acids is 2. The van der Waals surface area contributed by atoms with Gasteiger partial charge in [-0.05, 0) is 32.4 Å². The van der Waals surface area contributed by atoms with E-state index in [0.29, 0.717) is 42.9 Å². The molecule has 1 heterocycles. The van der Waals surface area contributed by atoms with Crippen molar-refractivity contribution in [3.63, 3.8) is 0 Å². The Morgan fingerprint density at radius 3 is 2.58 bits per heavy atom. The molecule has 1 saturated carbocycles. The second-order valence-electron chi connectivity index (χ2n) is 7.14. The summed E-state index contributed by atoms with van der Waals surface area (Å²) in [7, 11) is 0. The number of piperidine rings is 1. The zero-order valence-electron chi connectivity index (χ0n) is 14.9. The van der Waals surface area contributed by atoms with Gasteiger partial charge in [-0.25, -0.2) is 9.18 Å². The Kier molecular flexibility index (Phi) is 5.70. The fourth-order valence-corrected chi connectivity index (χ4v) is 3.63. The largest absolute Gasteiger partial charge is 0.462 e. The van der Waals surface area contributed by atoms with Crippen LogP contribution in [0.1, 0.15) is 44.6 Å². The van der Waals surface area contributed by atoms with Gasteiger partial charge >= 0.3 is 12.1 Å². The number of rotatable bonds is 4. The fraction of sp³-hybridized carbons (Fsp3) is 0.579. The Hall–Kier alpha value is -1.82. The van der Waals surface area contributed by atoms with Gasteiger partial charge in [0.25, 0.3) is 0 Å². The smallest absolute Gasteiger partial charge is 0.410 e. The van der Waals surface area contributed by atoms with Crippen molar-refractivity contribution in [3.8, 4) is 0 Å². The van der Waals surface area contributed by atoms with Crippen LogP contribution < -0.4 is 0 Å². The number of esters is 1. The molecule has 2 fully saturated rings. The van der Waals surface area contributed by atoms with Crippen LogP contribution in [0.4, 0.5) is 9.18 Å². The Labute approximate surface area is 157 Å². The van der Waals surface area contributed by atoms with E-state index >= 15 is 0 Å². The minimum absolute atomic E-state index is 0.157. The molecule has 26 heavy (non-hydrogen) atoms. The summed E-state index contributed by atoms with van der Waals surface area (Å²) in [4.78, 5) is 25.8. The van der Waals surface area contributed by atoms with Crippen molar-refractivity contribution in [2.75, 3.05) is 13.1 Å². The number of hydrogen-bond donors (Lipinski definition) is 0. The highest BCUT2D eigenvalue weighted by molar-refractivity contribution is 6.31. The maximum Gasteiger partial charge on any atom is 0.410 e. The van der Waals surface area contributed by atoms with Gasteiger partial charge in [0.15, 0.2) is 0 Å². The van der Waals surface area contributed by atoms with E-state index in [0.717, 1.165) is 0 Å². The lowest BCUT2D eigenvalue weighted by molar-refractivity contribution is -0.152. The van der Waals surface area contributed by atoms with Gasteiger partial charge in [0.1, 0.15) is 11.9 Å². The minimum Gasteiger partial charge on any atom is -0.462 e. The Morgan fingerprint density at radius 2 is 1.96 bits per heavy atom. The highest BCUT2D eigenvalue weighted by Crippen LogP contribution is 2.51. The summed E-state index contributed by atoms with van der Waals surface area (Å²) in [6.45, 7) is 4.61. The standard InChI is InChI=1S/C19H23ClFNO4/c1-11(2)25-19(24)22-8-6-12(7-9-22)26-18(23)14-10-13(14)17-15(20)4-3-5-16(17)21/h3-5,11-14H,6-10H2,1-2H3/t13-,14+/m0/s1. The van der Waals surface area contributed by atoms with Crippen LogP contribution in [0.2, 0.25) is 5.02 Å². The highest BCUT2D eigenvalue weighted by atomic mass is 35.5. The SMILES string of the molecule is CC(C)OC(=O)N1CCC(OC(=O)[C@@H]2C[C@@H]2c2c(F)cccc2Cl)CC1. The molecule has 2 aliphatic rings. The third kappa shape index (κ3) is 4.29. The molecular formula is C19H23ClFNO4. The maximum atomic E-state index is 14.0. The highest BCUT2D eigenvalue weighted by Gasteiger charge is 2.48. The van der Waals surface area contributed by atoms with Crippen molar-refractivity contribution in [2.45, 2.75) is 51.2 Å². The van der Waals surface area contributed by atoms with Gasteiger partial charge in [-0.3, -0.25) is 4.79 Å². The molecule has 0 spiro atoms. The average molecular weight is 384 g/mol. The van der Waals surface area contributed by atoms with Gasteiger partial charge in [0.2, 0.25) is 0 Å². The molecule has 1 saturated heterocycles. The van der Waals surface area contributed by atoms with Gasteiger partial charge in [0, 0.05) is 42.4 Å². The van der Waals surface area contributed by atoms with E-state index in [1.54, 1.807) is 30.9 Å². The molecule has 0 aromatic heterocycles. The summed E-state index contributed by atoms with van der Waals surface area (Å²) in [5.41, 5.74) is 0.405. The maximum absolute atomic E-state index is 14.0. The van der Waals surface area contributed by atoms with Crippen LogP contribution >= 0.6 is 11.6 Å². The van der Waals surface area contributed by atoms with Crippen molar-refractivity contribution in [1.29, 1.82) is 0 Å². The molecule has 5 nitrogen and oxygen atoms in total. The van der Waals surface area contributed by atoms with E-state index in [4.69, 9.17) is 21.1 Å². The number of amides is 1. The van der Waals surface area contributed by atoms with Crippen molar-refractivity contribution < 1.29 is 23.5 Å². The Balaban J connectivity index is 1.48. The van der Waals surface area contributed by atoms with Crippen LogP contribution in [-0.4, -0.2) is 42.3 Å². The Morgan fingerprint density at radius 1 is 1.27 bits per heavy atom. The number of carbonyl (C=O) groups is 2. The molecule has 0 bridgehead atoms. The summed E-state index contributed by atoms with van der Waals surface area (Å²) >= 11 is 6.07. The Bertz CT molecular complexity index is 668. The second-order valence-corrected chi connectivity index (χ2v) is 7.55. The van der Waals surface area contributed by atoms with Crippen LogP contribution in [0, 0.1) is 11.7 Å². The zero-order chi connectivity index (χ0) is 18.8. The normalized spacial score (nSPS) is 23.0. The zero-order valence-corrected chi connectivity index (χ0v) is 15.7. The first-order valence-corrected chi connectivity index (χ1v) is 9.34. The van der Waals surface area contributed by atoms with Crippen molar-refractivity contribution in [2.24, 2.45) is 5.92 Å². The van der Waals surface area contributed by atoms with Gasteiger partial charge in [-0.1, -0.05) is 17.7 Å². The molecule has 1 aromatic carbocycles. The molecule has 1 aromatic rings. The molecule has 2 atom stereocenters. The summed E-state index contributed by atoms with van der Waals surface area (Å²) in [5, 5.41) is 0.349. The van der Waals surface area contributed by atoms with Crippen LogP contribution in [0.25, 0.3) is 0 Å². The van der Waals surface area contributed by atoms with Crippen LogP contribution in [0.15, 0.2) is 18.2 Å². The molecule has 0 radical (unpaired) electrons. The molecule has 1 amide bonds. The number of hydrogen-bond acceptors (Lipinski definition) is 4. The quantitative estimate of drug-likeness (QED) is 0.733. The third-order valence-corrected chi connectivity index (χ3v) is 5.11. The average Bonchev–Trinajstić information content (AvgIpc) is 3.35. The summed E-state index contributed by atoms with van der Waals surface area (Å²) < 4.78 is 24.7. The molecule has 7 heteroatoms. The molecule has 0 N–H and O–H groups in total. The molecular weight excluding hydrogens is 361 g/mol. The molecule has 3 rings (SSSR count). The van der Waals surface area contributed by atoms with E-state index in [2.05, 4.69) is 0 Å². The van der Waals surface area contributed by atoms with Crippen molar-refractivity contribution in [3.05, 3.63) is 34.6 Å². The van der Waals surface area contributed by atoms with Crippen LogP contribution in [0.3, 0.4) is 0 Å². The van der Waals surface area contributed by atoms with E-state index in [1.165, 1.54) is 6.07 Å². The molecule has 142 valence electrons. The molecule has 1 aliphatic heterocycles. The van der Waals surface area contributed by atoms with Gasteiger partial charge in [-0.15, -0.1) is 0 Å². The first-order chi connectivity index (χ1) is 12.4. The minimum atomic E-state index is -0.380. The summed E-state index contributed by atoms with van der Waals surface area (Å²) in [5.74, 6) is -1.24. The van der Waals surface area contributed by atoms with E-state index in [-0.39, 0.29) is 41.9 Å². The molecule has 0 unspecified atom stereocenters. The number of nitrogens with zero attached hydrogens (tertiary/aromatic N) is 1. The number of halogens is 2. The van der Waals surface area contributed by atoms with Gasteiger partial charge in [0.05, 0.1) is 12.0 Å². The van der Waals surface area contributed by atoms with Gasteiger partial charge < -0.3 is 14.4 Å². The fourth-order valence-electron chi connectivity index (χ4n) is 3.32. The number of likely N-dealkylation sites (tertiary alicyclic amines) is 1. The van der Waals surface area contributed by atoms with Crippen molar-refractivity contribution >= 4 is 23.7 Å². The summed E-state index contributed by atoms with van der Waals surface area (Å²) in [6.07, 6.45) is 1.01. The van der Waals surface area contributed by atoms with Gasteiger partial charge in [-0.2, -0.15) is 0 Å².